The molecule has 0 saturated heterocycles. The van der Waals surface area contributed by atoms with Crippen molar-refractivity contribution in [1.29, 1.82) is 10.5 Å². The number of allylic oxidation sites excluding steroid dienone is 2. The SMILES string of the molecule is COC1(OC)[C@@]2(Cl)C(Cl)=C(Cl)[C@]1(Cl)[C@@H]1C(=O)C(C#N)=C(C#N)C(=O)[C@@H]12. The Bertz CT molecular complexity index is 813. The summed E-state index contributed by atoms with van der Waals surface area (Å²) in [7, 11) is 2.43. The Morgan fingerprint density at radius 3 is 1.44 bits per heavy atom. The van der Waals surface area contributed by atoms with Crippen LogP contribution in [0.15, 0.2) is 21.2 Å². The highest BCUT2D eigenvalue weighted by molar-refractivity contribution is 6.54. The van der Waals surface area contributed by atoms with Crippen molar-refractivity contribution in [2.24, 2.45) is 11.8 Å². The van der Waals surface area contributed by atoms with E-state index in [1.54, 1.807) is 12.1 Å². The molecule has 0 spiro atoms. The Morgan fingerprint density at radius 1 is 0.880 bits per heavy atom. The van der Waals surface area contributed by atoms with Gasteiger partial charge in [0.15, 0.2) is 11.6 Å². The second-order valence-corrected chi connectivity index (χ2v) is 7.68. The number of nitriles is 2. The van der Waals surface area contributed by atoms with E-state index in [9.17, 15) is 20.1 Å². The number of carbonyl (C=O) groups excluding carboxylic acids is 2. The maximum absolute atomic E-state index is 12.9. The maximum Gasteiger partial charge on any atom is 0.218 e. The van der Waals surface area contributed by atoms with Crippen LogP contribution in [-0.2, 0) is 19.1 Å². The minimum absolute atomic E-state index is 0.199. The molecule has 0 radical (unpaired) electrons. The molecule has 0 amide bonds. The molecule has 0 aromatic heterocycles. The first kappa shape index (κ1) is 18.7. The molecule has 130 valence electrons. The average Bonchev–Trinajstić information content (AvgIpc) is 2.86. The van der Waals surface area contributed by atoms with Gasteiger partial charge >= 0.3 is 0 Å². The lowest BCUT2D eigenvalue weighted by Gasteiger charge is -2.40. The number of halogens is 4. The van der Waals surface area contributed by atoms with Gasteiger partial charge in [-0.1, -0.05) is 23.2 Å². The van der Waals surface area contributed by atoms with Gasteiger partial charge in [-0.25, -0.2) is 0 Å². The molecule has 2 bridgehead atoms. The number of nitrogens with zero attached hydrogens (tertiary/aromatic N) is 2. The summed E-state index contributed by atoms with van der Waals surface area (Å²) in [5, 5.41) is 18.1. The molecular formula is C15H8Cl4N2O4. The van der Waals surface area contributed by atoms with Gasteiger partial charge in [0, 0.05) is 14.2 Å². The van der Waals surface area contributed by atoms with E-state index in [2.05, 4.69) is 0 Å². The molecule has 10 heteroatoms. The van der Waals surface area contributed by atoms with Crippen LogP contribution in [0.1, 0.15) is 0 Å². The van der Waals surface area contributed by atoms with Gasteiger partial charge < -0.3 is 9.47 Å². The van der Waals surface area contributed by atoms with Gasteiger partial charge in [-0.05, 0) is 0 Å². The number of alkyl halides is 2. The molecule has 4 atom stereocenters. The number of methoxy groups -OCH3 is 2. The zero-order valence-electron chi connectivity index (χ0n) is 12.7. The standard InChI is InChI=1S/C15H8Cl4N2O4/c1-24-15(25-2)13(18)7-8(14(15,19)12(17)11(13)16)10(23)6(4-21)5(3-20)9(7)22/h7-8H,1-2H3/t7-,8+,13+,14-. The van der Waals surface area contributed by atoms with Crippen molar-refractivity contribution in [2.45, 2.75) is 15.5 Å². The number of fused-ring (bicyclic) bond motifs is 5. The quantitative estimate of drug-likeness (QED) is 0.501. The number of rotatable bonds is 2. The lowest BCUT2D eigenvalue weighted by atomic mass is 9.69. The van der Waals surface area contributed by atoms with Crippen LogP contribution in [0.4, 0.5) is 0 Å². The van der Waals surface area contributed by atoms with Crippen LogP contribution in [-0.4, -0.2) is 41.3 Å². The summed E-state index contributed by atoms with van der Waals surface area (Å²) in [6.07, 6.45) is 0. The van der Waals surface area contributed by atoms with Crippen LogP contribution in [0, 0.1) is 34.5 Å². The van der Waals surface area contributed by atoms with E-state index in [1.807, 2.05) is 0 Å². The van der Waals surface area contributed by atoms with Crippen molar-refractivity contribution in [1.82, 2.24) is 0 Å². The number of hydrogen-bond acceptors (Lipinski definition) is 6. The summed E-state index contributed by atoms with van der Waals surface area (Å²) in [6.45, 7) is 0. The molecule has 0 aliphatic heterocycles. The molecule has 6 nitrogen and oxygen atoms in total. The predicted octanol–water partition coefficient (Wildman–Crippen LogP) is 2.38. The molecule has 0 aromatic rings. The third kappa shape index (κ3) is 1.60. The lowest BCUT2D eigenvalue weighted by molar-refractivity contribution is -0.220. The van der Waals surface area contributed by atoms with Crippen molar-refractivity contribution >= 4 is 58.0 Å². The van der Waals surface area contributed by atoms with E-state index in [4.69, 9.17) is 55.9 Å². The van der Waals surface area contributed by atoms with Gasteiger partial charge in [-0.2, -0.15) is 10.5 Å². The van der Waals surface area contributed by atoms with Crippen LogP contribution in [0.3, 0.4) is 0 Å². The van der Waals surface area contributed by atoms with Crippen LogP contribution in [0.25, 0.3) is 0 Å². The molecular weight excluding hydrogens is 414 g/mol. The van der Waals surface area contributed by atoms with Gasteiger partial charge in [0.05, 0.1) is 21.9 Å². The first-order valence-corrected chi connectivity index (χ1v) is 8.34. The zero-order chi connectivity index (χ0) is 18.9. The Hall–Kier alpha value is -1.12. The number of carbonyl (C=O) groups is 2. The van der Waals surface area contributed by atoms with Crippen molar-refractivity contribution in [2.75, 3.05) is 14.2 Å². The Morgan fingerprint density at radius 2 is 1.20 bits per heavy atom. The fourth-order valence-electron chi connectivity index (χ4n) is 4.14. The predicted molar refractivity (Wildman–Crippen MR) is 87.9 cm³/mol. The first-order valence-electron chi connectivity index (χ1n) is 6.82. The molecule has 25 heavy (non-hydrogen) atoms. The summed E-state index contributed by atoms with van der Waals surface area (Å²) >= 11 is 25.9. The topological polar surface area (TPSA) is 100 Å². The molecule has 3 rings (SSSR count). The van der Waals surface area contributed by atoms with Gasteiger partial charge in [-0.15, -0.1) is 23.2 Å². The highest BCUT2D eigenvalue weighted by Crippen LogP contribution is 2.75. The Kier molecular flexibility index (Phi) is 4.06. The minimum Gasteiger partial charge on any atom is -0.350 e. The normalized spacial score (nSPS) is 38.7. The van der Waals surface area contributed by atoms with Gasteiger partial charge in [-0.3, -0.25) is 9.59 Å². The Labute approximate surface area is 162 Å². The molecule has 3 aliphatic carbocycles. The largest absolute Gasteiger partial charge is 0.350 e. The highest BCUT2D eigenvalue weighted by Gasteiger charge is 2.88. The molecule has 1 saturated carbocycles. The van der Waals surface area contributed by atoms with Crippen molar-refractivity contribution in [3.63, 3.8) is 0 Å². The fraction of sp³-hybridized carbons (Fsp3) is 0.467. The highest BCUT2D eigenvalue weighted by atomic mass is 35.5. The fourth-order valence-corrected chi connectivity index (χ4v) is 6.31. The molecule has 3 aliphatic rings. The second kappa shape index (κ2) is 5.44. The zero-order valence-corrected chi connectivity index (χ0v) is 15.7. The second-order valence-electron chi connectivity index (χ2n) is 5.73. The molecule has 0 unspecified atom stereocenters. The van der Waals surface area contributed by atoms with E-state index in [-0.39, 0.29) is 10.1 Å². The number of ether oxygens (including phenoxy) is 2. The lowest BCUT2D eigenvalue weighted by Crippen LogP contribution is -2.58. The first-order chi connectivity index (χ1) is 11.6. The average molecular weight is 422 g/mol. The van der Waals surface area contributed by atoms with E-state index in [0.29, 0.717) is 0 Å². The van der Waals surface area contributed by atoms with E-state index in [1.165, 1.54) is 14.2 Å². The number of ketones is 2. The molecule has 1 fully saturated rings. The van der Waals surface area contributed by atoms with Gasteiger partial charge in [0.25, 0.3) is 0 Å². The van der Waals surface area contributed by atoms with Crippen molar-refractivity contribution in [3.05, 3.63) is 21.2 Å². The summed E-state index contributed by atoms with van der Waals surface area (Å²) in [6, 6.07) is 3.18. The van der Waals surface area contributed by atoms with Crippen molar-refractivity contribution in [3.8, 4) is 12.1 Å². The van der Waals surface area contributed by atoms with Crippen LogP contribution < -0.4 is 0 Å². The smallest absolute Gasteiger partial charge is 0.218 e. The van der Waals surface area contributed by atoms with Crippen LogP contribution in [0.2, 0.25) is 0 Å². The summed E-state index contributed by atoms with van der Waals surface area (Å²) in [4.78, 5) is 21.9. The van der Waals surface area contributed by atoms with E-state index >= 15 is 0 Å². The summed E-state index contributed by atoms with van der Waals surface area (Å²) in [5.41, 5.74) is -1.19. The van der Waals surface area contributed by atoms with Crippen LogP contribution in [0.5, 0.6) is 0 Å². The Balaban J connectivity index is 2.43. The minimum atomic E-state index is -1.95. The summed E-state index contributed by atoms with van der Waals surface area (Å²) < 4.78 is 10.8. The number of Topliss-reactive ketones (excluding diaryl/α,β-unsaturated/α-hetero) is 2. The third-order valence-electron chi connectivity index (χ3n) is 5.09. The van der Waals surface area contributed by atoms with E-state index in [0.717, 1.165) is 0 Å². The molecule has 0 aromatic carbocycles. The third-order valence-corrected chi connectivity index (χ3v) is 7.70. The van der Waals surface area contributed by atoms with E-state index < -0.39 is 50.1 Å². The molecule has 0 N–H and O–H groups in total. The maximum atomic E-state index is 12.9. The van der Waals surface area contributed by atoms with Crippen LogP contribution >= 0.6 is 46.4 Å². The van der Waals surface area contributed by atoms with Gasteiger partial charge in [0.2, 0.25) is 5.79 Å². The summed E-state index contributed by atoms with van der Waals surface area (Å²) in [5.74, 6) is -6.37. The molecule has 0 heterocycles. The monoisotopic (exact) mass is 420 g/mol. The number of hydrogen-bond donors (Lipinski definition) is 0. The van der Waals surface area contributed by atoms with Crippen molar-refractivity contribution < 1.29 is 19.1 Å². The van der Waals surface area contributed by atoms with Gasteiger partial charge in [0.1, 0.15) is 33.0 Å².